The fourth-order valence-corrected chi connectivity index (χ4v) is 1.28. The molecule has 0 spiro atoms. The maximum atomic E-state index is 13.5. The van der Waals surface area contributed by atoms with Crippen LogP contribution in [-0.2, 0) is 4.79 Å². The van der Waals surface area contributed by atoms with Crippen molar-refractivity contribution in [2.75, 3.05) is 11.9 Å². The number of carbonyl (C=O) groups is 2. The van der Waals surface area contributed by atoms with E-state index in [0.29, 0.717) is 6.61 Å². The molecule has 0 saturated heterocycles. The number of halogens is 2. The minimum atomic E-state index is -0.831. The molecule has 1 unspecified atom stereocenters. The SMILES string of the molecule is CCOc1ccc(NC(=O)NC(=O)C(C)Cl)cc1F. The Hall–Kier alpha value is -1.82. The molecule has 1 aromatic rings. The Morgan fingerprint density at radius 2 is 2.16 bits per heavy atom. The minimum Gasteiger partial charge on any atom is -0.491 e. The second-order valence-electron chi connectivity index (χ2n) is 3.64. The van der Waals surface area contributed by atoms with Gasteiger partial charge >= 0.3 is 6.03 Å². The molecule has 3 amide bonds. The molecular formula is C12H14ClFN2O3. The number of hydrogen-bond acceptors (Lipinski definition) is 3. The first-order chi connectivity index (χ1) is 8.93. The van der Waals surface area contributed by atoms with E-state index in [1.54, 1.807) is 6.92 Å². The van der Waals surface area contributed by atoms with Crippen LogP contribution in [0.15, 0.2) is 18.2 Å². The summed E-state index contributed by atoms with van der Waals surface area (Å²) in [6.07, 6.45) is 0. The summed E-state index contributed by atoms with van der Waals surface area (Å²) in [5, 5.41) is 3.49. The molecule has 0 bridgehead atoms. The zero-order valence-corrected chi connectivity index (χ0v) is 11.3. The van der Waals surface area contributed by atoms with Crippen LogP contribution in [0.5, 0.6) is 5.75 Å². The van der Waals surface area contributed by atoms with Crippen molar-refractivity contribution in [1.82, 2.24) is 5.32 Å². The number of ether oxygens (including phenoxy) is 1. The van der Waals surface area contributed by atoms with Crippen LogP contribution < -0.4 is 15.4 Å². The van der Waals surface area contributed by atoms with E-state index in [0.717, 1.165) is 6.07 Å². The predicted molar refractivity (Wildman–Crippen MR) is 70.0 cm³/mol. The monoisotopic (exact) mass is 288 g/mol. The molecule has 1 aromatic carbocycles. The maximum Gasteiger partial charge on any atom is 0.325 e. The molecule has 0 aromatic heterocycles. The van der Waals surface area contributed by atoms with Crippen LogP contribution in [0.2, 0.25) is 0 Å². The lowest BCUT2D eigenvalue weighted by atomic mass is 10.3. The Morgan fingerprint density at radius 1 is 1.47 bits per heavy atom. The summed E-state index contributed by atoms with van der Waals surface area (Å²) < 4.78 is 18.5. The Balaban J connectivity index is 2.65. The first-order valence-corrected chi connectivity index (χ1v) is 6.06. The van der Waals surface area contributed by atoms with Crippen LogP contribution in [0, 0.1) is 5.82 Å². The lowest BCUT2D eigenvalue weighted by Gasteiger charge is -2.09. The number of imide groups is 1. The summed E-state index contributed by atoms with van der Waals surface area (Å²) in [5.74, 6) is -1.14. The molecule has 0 aliphatic heterocycles. The van der Waals surface area contributed by atoms with E-state index in [-0.39, 0.29) is 11.4 Å². The molecule has 5 nitrogen and oxygen atoms in total. The number of hydrogen-bond donors (Lipinski definition) is 2. The summed E-state index contributed by atoms with van der Waals surface area (Å²) in [6, 6.07) is 3.17. The number of nitrogens with one attached hydrogen (secondary N) is 2. The number of urea groups is 1. The second-order valence-corrected chi connectivity index (χ2v) is 4.29. The molecule has 0 fully saturated rings. The number of carbonyl (C=O) groups excluding carboxylic acids is 2. The molecule has 0 heterocycles. The quantitative estimate of drug-likeness (QED) is 0.837. The van der Waals surface area contributed by atoms with Crippen molar-refractivity contribution in [2.24, 2.45) is 0 Å². The zero-order chi connectivity index (χ0) is 14.4. The highest BCUT2D eigenvalue weighted by molar-refractivity contribution is 6.31. The molecule has 0 aliphatic rings. The predicted octanol–water partition coefficient (Wildman–Crippen LogP) is 2.50. The molecule has 19 heavy (non-hydrogen) atoms. The van der Waals surface area contributed by atoms with Gasteiger partial charge in [0.2, 0.25) is 5.91 Å². The van der Waals surface area contributed by atoms with Gasteiger partial charge in [0.15, 0.2) is 11.6 Å². The van der Waals surface area contributed by atoms with Gasteiger partial charge in [-0.2, -0.15) is 0 Å². The summed E-state index contributed by atoms with van der Waals surface area (Å²) in [6.45, 7) is 3.50. The third-order valence-corrected chi connectivity index (χ3v) is 2.29. The molecule has 0 radical (unpaired) electrons. The van der Waals surface area contributed by atoms with Gasteiger partial charge in [0.1, 0.15) is 5.38 Å². The van der Waals surface area contributed by atoms with Crippen LogP contribution in [-0.4, -0.2) is 23.9 Å². The van der Waals surface area contributed by atoms with Crippen LogP contribution in [0.4, 0.5) is 14.9 Å². The maximum absolute atomic E-state index is 13.5. The lowest BCUT2D eigenvalue weighted by Crippen LogP contribution is -2.38. The first kappa shape index (κ1) is 15.2. The van der Waals surface area contributed by atoms with Crippen molar-refractivity contribution in [1.29, 1.82) is 0 Å². The highest BCUT2D eigenvalue weighted by Crippen LogP contribution is 2.20. The number of benzene rings is 1. The van der Waals surface area contributed by atoms with Crippen LogP contribution >= 0.6 is 11.6 Å². The number of amides is 3. The third-order valence-electron chi connectivity index (χ3n) is 2.09. The number of anilines is 1. The number of alkyl halides is 1. The van der Waals surface area contributed by atoms with Crippen molar-refractivity contribution < 1.29 is 18.7 Å². The normalized spacial score (nSPS) is 11.6. The van der Waals surface area contributed by atoms with Crippen molar-refractivity contribution in [3.8, 4) is 5.75 Å². The molecule has 0 aliphatic carbocycles. The summed E-state index contributed by atoms with van der Waals surface area (Å²) in [7, 11) is 0. The second kappa shape index (κ2) is 6.94. The average Bonchev–Trinajstić information content (AvgIpc) is 2.32. The van der Waals surface area contributed by atoms with Gasteiger partial charge < -0.3 is 10.1 Å². The van der Waals surface area contributed by atoms with E-state index in [2.05, 4.69) is 5.32 Å². The first-order valence-electron chi connectivity index (χ1n) is 5.62. The molecule has 2 N–H and O–H groups in total. The van der Waals surface area contributed by atoms with Gasteiger partial charge in [0.05, 0.1) is 6.61 Å². The standard InChI is InChI=1S/C12H14ClFN2O3/c1-3-19-10-5-4-8(6-9(10)14)15-12(18)16-11(17)7(2)13/h4-7H,3H2,1-2H3,(H2,15,16,17,18). The third kappa shape index (κ3) is 4.75. The van der Waals surface area contributed by atoms with Gasteiger partial charge in [-0.25, -0.2) is 9.18 Å². The van der Waals surface area contributed by atoms with Gasteiger partial charge in [0, 0.05) is 11.8 Å². The molecule has 7 heteroatoms. The van der Waals surface area contributed by atoms with Crippen LogP contribution in [0.25, 0.3) is 0 Å². The van der Waals surface area contributed by atoms with E-state index in [1.807, 2.05) is 5.32 Å². The Kier molecular flexibility index (Phi) is 5.57. The number of rotatable bonds is 4. The van der Waals surface area contributed by atoms with Crippen LogP contribution in [0.3, 0.4) is 0 Å². The van der Waals surface area contributed by atoms with Gasteiger partial charge in [-0.15, -0.1) is 11.6 Å². The van der Waals surface area contributed by atoms with Crippen molar-refractivity contribution in [2.45, 2.75) is 19.2 Å². The molecule has 1 rings (SSSR count). The summed E-state index contributed by atoms with van der Waals surface area (Å²) in [5.41, 5.74) is 0.202. The molecule has 1 atom stereocenters. The van der Waals surface area contributed by atoms with Crippen molar-refractivity contribution in [3.63, 3.8) is 0 Å². The smallest absolute Gasteiger partial charge is 0.325 e. The van der Waals surface area contributed by atoms with Gasteiger partial charge in [-0.3, -0.25) is 10.1 Å². The van der Waals surface area contributed by atoms with Gasteiger partial charge in [-0.1, -0.05) is 0 Å². The molecule has 0 saturated carbocycles. The summed E-state index contributed by atoms with van der Waals surface area (Å²) >= 11 is 5.49. The van der Waals surface area contributed by atoms with E-state index in [1.165, 1.54) is 19.1 Å². The van der Waals surface area contributed by atoms with Crippen molar-refractivity contribution in [3.05, 3.63) is 24.0 Å². The van der Waals surface area contributed by atoms with Crippen molar-refractivity contribution >= 4 is 29.2 Å². The zero-order valence-electron chi connectivity index (χ0n) is 10.5. The van der Waals surface area contributed by atoms with Gasteiger partial charge in [-0.05, 0) is 26.0 Å². The van der Waals surface area contributed by atoms with E-state index < -0.39 is 23.1 Å². The molecular weight excluding hydrogens is 275 g/mol. The van der Waals surface area contributed by atoms with E-state index in [4.69, 9.17) is 16.3 Å². The fraction of sp³-hybridized carbons (Fsp3) is 0.333. The fourth-order valence-electron chi connectivity index (χ4n) is 1.22. The Bertz CT molecular complexity index is 480. The largest absolute Gasteiger partial charge is 0.491 e. The Labute approximate surface area is 115 Å². The van der Waals surface area contributed by atoms with Crippen LogP contribution in [0.1, 0.15) is 13.8 Å². The molecule has 104 valence electrons. The Morgan fingerprint density at radius 3 is 2.68 bits per heavy atom. The highest BCUT2D eigenvalue weighted by Gasteiger charge is 2.13. The minimum absolute atomic E-state index is 0.0962. The average molecular weight is 289 g/mol. The topological polar surface area (TPSA) is 67.4 Å². The lowest BCUT2D eigenvalue weighted by molar-refractivity contribution is -0.119. The van der Waals surface area contributed by atoms with E-state index in [9.17, 15) is 14.0 Å². The summed E-state index contributed by atoms with van der Waals surface area (Å²) in [4.78, 5) is 22.5. The van der Waals surface area contributed by atoms with Gasteiger partial charge in [0.25, 0.3) is 0 Å². The van der Waals surface area contributed by atoms with E-state index >= 15 is 0 Å². The highest BCUT2D eigenvalue weighted by atomic mass is 35.5.